The summed E-state index contributed by atoms with van der Waals surface area (Å²) >= 11 is 0. The molecule has 2 atom stereocenters. The Labute approximate surface area is 154 Å². The molecule has 1 saturated carbocycles. The highest BCUT2D eigenvalue weighted by Gasteiger charge is 2.55. The highest BCUT2D eigenvalue weighted by Crippen LogP contribution is 2.47. The van der Waals surface area contributed by atoms with Crippen molar-refractivity contribution in [2.24, 2.45) is 16.8 Å². The Kier molecular flexibility index (Phi) is 5.88. The number of aliphatic imine (C=N–C) groups is 1. The minimum absolute atomic E-state index is 0.106. The molecule has 1 fully saturated rings. The molecule has 1 N–H and O–H groups in total. The molecule has 0 saturated heterocycles. The molecule has 1 aliphatic rings. The zero-order valence-electron chi connectivity index (χ0n) is 15.3. The SMILES string of the molecule is CC(C)(C)c1cccc(C=NC2C(C(F)(F)F)CCCC2C(F)(F)F)c1O. The molecule has 2 unspecified atom stereocenters. The van der Waals surface area contributed by atoms with E-state index in [1.54, 1.807) is 12.1 Å². The third kappa shape index (κ3) is 4.96. The lowest BCUT2D eigenvalue weighted by molar-refractivity contribution is -0.228. The Balaban J connectivity index is 2.43. The predicted molar refractivity (Wildman–Crippen MR) is 91.1 cm³/mol. The maximum absolute atomic E-state index is 13.3. The number of hydrogen-bond donors (Lipinski definition) is 1. The quantitative estimate of drug-likeness (QED) is 0.482. The Bertz CT molecular complexity index is 665. The number of nitrogens with zero attached hydrogens (tertiary/aromatic N) is 1. The molecule has 2 nitrogen and oxygen atoms in total. The third-order valence-electron chi connectivity index (χ3n) is 4.96. The summed E-state index contributed by atoms with van der Waals surface area (Å²) in [5.74, 6) is -4.49. The first-order valence-corrected chi connectivity index (χ1v) is 8.72. The van der Waals surface area contributed by atoms with E-state index in [2.05, 4.69) is 4.99 Å². The predicted octanol–water partition coefficient (Wildman–Crippen LogP) is 6.02. The minimum Gasteiger partial charge on any atom is -0.507 e. The summed E-state index contributed by atoms with van der Waals surface area (Å²) in [5, 5.41) is 10.4. The Morgan fingerprint density at radius 2 is 1.48 bits per heavy atom. The van der Waals surface area contributed by atoms with Crippen LogP contribution < -0.4 is 0 Å². The lowest BCUT2D eigenvalue weighted by Gasteiger charge is -2.37. The van der Waals surface area contributed by atoms with Crippen LogP contribution in [0.4, 0.5) is 26.3 Å². The van der Waals surface area contributed by atoms with Crippen LogP contribution in [-0.2, 0) is 5.41 Å². The van der Waals surface area contributed by atoms with Gasteiger partial charge in [0.25, 0.3) is 0 Å². The van der Waals surface area contributed by atoms with E-state index in [0.29, 0.717) is 5.56 Å². The summed E-state index contributed by atoms with van der Waals surface area (Å²) in [6.07, 6.45) is -9.50. The number of phenols is 1. The zero-order valence-corrected chi connectivity index (χ0v) is 15.3. The van der Waals surface area contributed by atoms with Gasteiger partial charge in [0.15, 0.2) is 0 Å². The first-order valence-electron chi connectivity index (χ1n) is 8.72. The van der Waals surface area contributed by atoms with Crippen molar-refractivity contribution in [3.8, 4) is 5.75 Å². The molecule has 2 rings (SSSR count). The molecule has 0 radical (unpaired) electrons. The van der Waals surface area contributed by atoms with Gasteiger partial charge < -0.3 is 5.11 Å². The van der Waals surface area contributed by atoms with Crippen LogP contribution >= 0.6 is 0 Å². The van der Waals surface area contributed by atoms with Crippen LogP contribution in [0, 0.1) is 11.8 Å². The van der Waals surface area contributed by atoms with Crippen LogP contribution in [0.15, 0.2) is 23.2 Å². The molecule has 0 spiro atoms. The average molecular weight is 395 g/mol. The van der Waals surface area contributed by atoms with Crippen LogP contribution in [0.5, 0.6) is 5.75 Å². The summed E-state index contributed by atoms with van der Waals surface area (Å²) in [7, 11) is 0. The molecular formula is C19H23F6NO. The second-order valence-electron chi connectivity index (χ2n) is 7.99. The molecule has 0 heterocycles. The standard InChI is InChI=1S/C19H23F6NO/c1-17(2,3)14-9-4-6-11(16(14)27)10-26-15-12(18(20,21)22)7-5-8-13(15)19(23,24)25/h4,6,9-10,12-13,15,27H,5,7-8H2,1-3H3. The van der Waals surface area contributed by atoms with E-state index in [0.717, 1.165) is 6.21 Å². The number of halogens is 6. The first-order chi connectivity index (χ1) is 12.2. The summed E-state index contributed by atoms with van der Waals surface area (Å²) in [6.45, 7) is 5.51. The second-order valence-corrected chi connectivity index (χ2v) is 7.99. The molecule has 0 amide bonds. The molecule has 1 aromatic rings. The summed E-state index contributed by atoms with van der Waals surface area (Å²) in [4.78, 5) is 3.71. The van der Waals surface area contributed by atoms with E-state index in [1.807, 2.05) is 20.8 Å². The number of rotatable bonds is 2. The number of phenolic OH excluding ortho intramolecular Hbond substituents is 1. The van der Waals surface area contributed by atoms with E-state index in [1.165, 1.54) is 6.07 Å². The van der Waals surface area contributed by atoms with Gasteiger partial charge in [0, 0.05) is 11.8 Å². The van der Waals surface area contributed by atoms with Crippen LogP contribution in [0.3, 0.4) is 0 Å². The fourth-order valence-electron chi connectivity index (χ4n) is 3.54. The average Bonchev–Trinajstić information content (AvgIpc) is 2.50. The molecule has 152 valence electrons. The first kappa shape index (κ1) is 21.6. The maximum Gasteiger partial charge on any atom is 0.393 e. The van der Waals surface area contributed by atoms with Gasteiger partial charge >= 0.3 is 12.4 Å². The fourth-order valence-corrected chi connectivity index (χ4v) is 3.54. The van der Waals surface area contributed by atoms with E-state index < -0.39 is 35.6 Å². The molecule has 0 aliphatic heterocycles. The monoisotopic (exact) mass is 395 g/mol. The lowest BCUT2D eigenvalue weighted by atomic mass is 9.76. The number of alkyl halides is 6. The maximum atomic E-state index is 13.3. The Morgan fingerprint density at radius 1 is 0.963 bits per heavy atom. The topological polar surface area (TPSA) is 32.6 Å². The minimum atomic E-state index is -4.76. The van der Waals surface area contributed by atoms with Gasteiger partial charge in [-0.2, -0.15) is 26.3 Å². The summed E-state index contributed by atoms with van der Waals surface area (Å²) in [5.41, 5.74) is 0.201. The fraction of sp³-hybridized carbons (Fsp3) is 0.632. The number of benzene rings is 1. The van der Waals surface area contributed by atoms with Gasteiger partial charge in [-0.05, 0) is 29.9 Å². The van der Waals surface area contributed by atoms with Crippen molar-refractivity contribution in [2.45, 2.75) is 63.8 Å². The van der Waals surface area contributed by atoms with E-state index >= 15 is 0 Å². The van der Waals surface area contributed by atoms with Crippen molar-refractivity contribution in [1.82, 2.24) is 0 Å². The smallest absolute Gasteiger partial charge is 0.393 e. The van der Waals surface area contributed by atoms with Crippen LogP contribution in [-0.4, -0.2) is 29.7 Å². The van der Waals surface area contributed by atoms with Crippen molar-refractivity contribution >= 4 is 6.21 Å². The van der Waals surface area contributed by atoms with Gasteiger partial charge in [-0.3, -0.25) is 4.99 Å². The van der Waals surface area contributed by atoms with Gasteiger partial charge in [0.2, 0.25) is 0 Å². The van der Waals surface area contributed by atoms with Gasteiger partial charge in [-0.15, -0.1) is 0 Å². The largest absolute Gasteiger partial charge is 0.507 e. The van der Waals surface area contributed by atoms with E-state index in [4.69, 9.17) is 0 Å². The molecule has 8 heteroatoms. The molecule has 0 aromatic heterocycles. The Morgan fingerprint density at radius 3 is 1.93 bits per heavy atom. The zero-order chi connectivity index (χ0) is 20.6. The number of para-hydroxylation sites is 1. The van der Waals surface area contributed by atoms with E-state index in [9.17, 15) is 31.4 Å². The van der Waals surface area contributed by atoms with Crippen LogP contribution in [0.2, 0.25) is 0 Å². The number of hydrogen-bond acceptors (Lipinski definition) is 2. The number of aromatic hydroxyl groups is 1. The summed E-state index contributed by atoms with van der Waals surface area (Å²) in [6, 6.07) is 2.72. The normalized spacial score (nSPS) is 25.1. The highest BCUT2D eigenvalue weighted by molar-refractivity contribution is 5.84. The van der Waals surface area contributed by atoms with Crippen molar-refractivity contribution in [3.05, 3.63) is 29.3 Å². The van der Waals surface area contributed by atoms with Gasteiger partial charge in [0.1, 0.15) is 5.75 Å². The lowest BCUT2D eigenvalue weighted by Crippen LogP contribution is -2.46. The summed E-state index contributed by atoms with van der Waals surface area (Å²) < 4.78 is 79.7. The van der Waals surface area contributed by atoms with Gasteiger partial charge in [-0.25, -0.2) is 0 Å². The van der Waals surface area contributed by atoms with Crippen molar-refractivity contribution < 1.29 is 31.4 Å². The molecule has 0 bridgehead atoms. The molecule has 1 aromatic carbocycles. The molecule has 1 aliphatic carbocycles. The van der Waals surface area contributed by atoms with Crippen molar-refractivity contribution in [3.63, 3.8) is 0 Å². The molecule has 27 heavy (non-hydrogen) atoms. The van der Waals surface area contributed by atoms with Crippen LogP contribution in [0.25, 0.3) is 0 Å². The Hall–Kier alpha value is -1.73. The van der Waals surface area contributed by atoms with Gasteiger partial charge in [0.05, 0.1) is 17.9 Å². The van der Waals surface area contributed by atoms with Gasteiger partial charge in [-0.1, -0.05) is 39.3 Å². The van der Waals surface area contributed by atoms with Crippen molar-refractivity contribution in [1.29, 1.82) is 0 Å². The van der Waals surface area contributed by atoms with Crippen LogP contribution in [0.1, 0.15) is 51.2 Å². The third-order valence-corrected chi connectivity index (χ3v) is 4.96. The molecular weight excluding hydrogens is 372 g/mol. The highest BCUT2D eigenvalue weighted by atomic mass is 19.4. The van der Waals surface area contributed by atoms with E-state index in [-0.39, 0.29) is 30.6 Å². The second kappa shape index (κ2) is 7.36. The van der Waals surface area contributed by atoms with Crippen molar-refractivity contribution in [2.75, 3.05) is 0 Å².